The van der Waals surface area contributed by atoms with Gasteiger partial charge in [0.15, 0.2) is 0 Å². The Morgan fingerprint density at radius 3 is 1.42 bits per heavy atom. The second-order valence-corrected chi connectivity index (χ2v) is 6.01. The summed E-state index contributed by atoms with van der Waals surface area (Å²) in [6.07, 6.45) is 0. The van der Waals surface area contributed by atoms with E-state index >= 15 is 0 Å². The number of hydrogen-bond acceptors (Lipinski definition) is 2. The van der Waals surface area contributed by atoms with Gasteiger partial charge in [-0.15, -0.1) is 0 Å². The van der Waals surface area contributed by atoms with Crippen LogP contribution in [0.4, 0.5) is 0 Å². The fourth-order valence-electron chi connectivity index (χ4n) is 1.83. The largest absolute Gasteiger partial charge is 0.266 e. The van der Waals surface area contributed by atoms with Gasteiger partial charge in [-0.1, -0.05) is 0 Å². The molecule has 1 heterocycles. The zero-order valence-corrected chi connectivity index (χ0v) is 9.80. The monoisotopic (exact) mass is 188 g/mol. The van der Waals surface area contributed by atoms with E-state index in [1.54, 1.807) is 0 Å². The lowest BCUT2D eigenvalue weighted by molar-refractivity contribution is 0.390. The molecule has 0 amide bonds. The summed E-state index contributed by atoms with van der Waals surface area (Å²) in [5, 5.41) is 0. The molecular formula is C9H21N2P. The fourth-order valence-corrected chi connectivity index (χ4v) is 4.22. The molecule has 0 unspecified atom stereocenters. The Labute approximate surface area is 77.8 Å². The third-order valence-electron chi connectivity index (χ3n) is 2.49. The van der Waals surface area contributed by atoms with Crippen molar-refractivity contribution in [3.8, 4) is 0 Å². The highest BCUT2D eigenvalue weighted by Gasteiger charge is 2.31. The molecule has 0 N–H and O–H groups in total. The smallest absolute Gasteiger partial charge is 0.0367 e. The molecule has 1 saturated heterocycles. The van der Waals surface area contributed by atoms with Crippen LogP contribution < -0.4 is 0 Å². The summed E-state index contributed by atoms with van der Waals surface area (Å²) in [5.74, 6) is 0. The first kappa shape index (κ1) is 10.4. The molecule has 0 spiro atoms. The minimum Gasteiger partial charge on any atom is -0.266 e. The molecule has 0 aromatic carbocycles. The average Bonchev–Trinajstić information content (AvgIpc) is 2.30. The van der Waals surface area contributed by atoms with E-state index in [1.807, 2.05) is 0 Å². The number of hydrogen-bond donors (Lipinski definition) is 0. The van der Waals surface area contributed by atoms with Gasteiger partial charge < -0.3 is 0 Å². The second kappa shape index (κ2) is 4.04. The lowest BCUT2D eigenvalue weighted by Gasteiger charge is -2.31. The minimum absolute atomic E-state index is 0.00412. The molecule has 1 fully saturated rings. The standard InChI is InChI=1S/C9H21N2P/c1-8(2)10-6-7-11(9(3)4)12(10)5/h8-9H,6-7H2,1-5H3. The number of nitrogens with zero attached hydrogens (tertiary/aromatic N) is 2. The van der Waals surface area contributed by atoms with E-state index < -0.39 is 0 Å². The van der Waals surface area contributed by atoms with Crippen LogP contribution in [0.2, 0.25) is 0 Å². The lowest BCUT2D eigenvalue weighted by atomic mass is 10.3. The summed E-state index contributed by atoms with van der Waals surface area (Å²) in [5.41, 5.74) is 0. The molecule has 72 valence electrons. The van der Waals surface area contributed by atoms with Crippen molar-refractivity contribution in [3.63, 3.8) is 0 Å². The van der Waals surface area contributed by atoms with Crippen LogP contribution in [0.1, 0.15) is 27.7 Å². The molecule has 1 aliphatic rings. The summed E-state index contributed by atoms with van der Waals surface area (Å²) in [6.45, 7) is 14.1. The molecule has 1 aliphatic heterocycles. The van der Waals surface area contributed by atoms with Crippen LogP contribution in [0.15, 0.2) is 0 Å². The van der Waals surface area contributed by atoms with Gasteiger partial charge in [0.2, 0.25) is 0 Å². The Bertz CT molecular complexity index is 131. The van der Waals surface area contributed by atoms with E-state index in [4.69, 9.17) is 0 Å². The van der Waals surface area contributed by atoms with Crippen molar-refractivity contribution in [2.45, 2.75) is 39.8 Å². The maximum Gasteiger partial charge on any atom is 0.0367 e. The first-order valence-corrected chi connectivity index (χ1v) is 6.50. The van der Waals surface area contributed by atoms with Crippen molar-refractivity contribution in [1.29, 1.82) is 0 Å². The summed E-state index contributed by atoms with van der Waals surface area (Å²) >= 11 is 0. The third-order valence-corrected chi connectivity index (χ3v) is 5.30. The van der Waals surface area contributed by atoms with Gasteiger partial charge in [0.05, 0.1) is 0 Å². The van der Waals surface area contributed by atoms with E-state index in [0.29, 0.717) is 12.1 Å². The Morgan fingerprint density at radius 1 is 0.917 bits per heavy atom. The molecule has 0 radical (unpaired) electrons. The van der Waals surface area contributed by atoms with Gasteiger partial charge in [-0.2, -0.15) is 0 Å². The van der Waals surface area contributed by atoms with E-state index in [2.05, 4.69) is 43.7 Å². The molecular weight excluding hydrogens is 167 g/mol. The second-order valence-electron chi connectivity index (χ2n) is 4.00. The molecule has 0 aliphatic carbocycles. The maximum absolute atomic E-state index is 2.62. The first-order valence-electron chi connectivity index (χ1n) is 4.81. The highest BCUT2D eigenvalue weighted by molar-refractivity contribution is 7.52. The Morgan fingerprint density at radius 2 is 1.25 bits per heavy atom. The van der Waals surface area contributed by atoms with Gasteiger partial charge >= 0.3 is 0 Å². The predicted molar refractivity (Wildman–Crippen MR) is 56.5 cm³/mol. The van der Waals surface area contributed by atoms with Crippen molar-refractivity contribution < 1.29 is 0 Å². The number of rotatable bonds is 2. The van der Waals surface area contributed by atoms with Crippen molar-refractivity contribution in [1.82, 2.24) is 9.34 Å². The van der Waals surface area contributed by atoms with Crippen LogP contribution in [-0.2, 0) is 0 Å². The summed E-state index contributed by atoms with van der Waals surface area (Å²) in [7, 11) is -0.00412. The molecule has 3 heteroatoms. The maximum atomic E-state index is 2.62. The summed E-state index contributed by atoms with van der Waals surface area (Å²) in [6, 6.07) is 1.43. The van der Waals surface area contributed by atoms with Crippen molar-refractivity contribution in [2.24, 2.45) is 0 Å². The Balaban J connectivity index is 2.55. The minimum atomic E-state index is -0.00412. The molecule has 0 aromatic rings. The van der Waals surface area contributed by atoms with Crippen molar-refractivity contribution in [2.75, 3.05) is 19.8 Å². The van der Waals surface area contributed by atoms with E-state index in [0.717, 1.165) is 0 Å². The van der Waals surface area contributed by atoms with Gasteiger partial charge in [-0.25, -0.2) is 0 Å². The Hall–Kier alpha value is 0.350. The van der Waals surface area contributed by atoms with Crippen molar-refractivity contribution >= 4 is 8.22 Å². The molecule has 12 heavy (non-hydrogen) atoms. The van der Waals surface area contributed by atoms with Crippen molar-refractivity contribution in [3.05, 3.63) is 0 Å². The van der Waals surface area contributed by atoms with E-state index in [-0.39, 0.29) is 8.22 Å². The van der Waals surface area contributed by atoms with E-state index in [9.17, 15) is 0 Å². The highest BCUT2D eigenvalue weighted by atomic mass is 31.1. The van der Waals surface area contributed by atoms with Crippen LogP contribution in [-0.4, -0.2) is 41.2 Å². The van der Waals surface area contributed by atoms with Crippen LogP contribution >= 0.6 is 8.22 Å². The predicted octanol–water partition coefficient (Wildman–Crippen LogP) is 2.36. The molecule has 0 atom stereocenters. The highest BCUT2D eigenvalue weighted by Crippen LogP contribution is 2.47. The fraction of sp³-hybridized carbons (Fsp3) is 1.00. The van der Waals surface area contributed by atoms with Crippen LogP contribution in [0.5, 0.6) is 0 Å². The van der Waals surface area contributed by atoms with E-state index in [1.165, 1.54) is 13.1 Å². The average molecular weight is 188 g/mol. The summed E-state index contributed by atoms with van der Waals surface area (Å²) in [4.78, 5) is 0. The van der Waals surface area contributed by atoms with Gasteiger partial charge in [0.25, 0.3) is 0 Å². The van der Waals surface area contributed by atoms with Crippen LogP contribution in [0.25, 0.3) is 0 Å². The molecule has 2 nitrogen and oxygen atoms in total. The lowest BCUT2D eigenvalue weighted by Crippen LogP contribution is -2.24. The van der Waals surface area contributed by atoms with Crippen LogP contribution in [0, 0.1) is 0 Å². The molecule has 0 bridgehead atoms. The topological polar surface area (TPSA) is 6.48 Å². The van der Waals surface area contributed by atoms with Crippen LogP contribution in [0.3, 0.4) is 0 Å². The van der Waals surface area contributed by atoms with Gasteiger partial charge in [-0.3, -0.25) is 9.34 Å². The first-order chi connectivity index (χ1) is 5.54. The Kier molecular flexibility index (Phi) is 3.51. The third kappa shape index (κ3) is 1.99. The van der Waals surface area contributed by atoms with Gasteiger partial charge in [0.1, 0.15) is 0 Å². The molecule has 1 rings (SSSR count). The SMILES string of the molecule is CC(C)N1CCN(C(C)C)P1C. The normalized spacial score (nSPS) is 23.2. The quantitative estimate of drug-likeness (QED) is 0.614. The summed E-state index contributed by atoms with van der Waals surface area (Å²) < 4.78 is 5.24. The van der Waals surface area contributed by atoms with Gasteiger partial charge in [0, 0.05) is 33.4 Å². The molecule has 0 saturated carbocycles. The zero-order chi connectivity index (χ0) is 9.30. The zero-order valence-electron chi connectivity index (χ0n) is 8.91. The van der Waals surface area contributed by atoms with Gasteiger partial charge in [-0.05, 0) is 34.4 Å². The molecule has 0 aromatic heterocycles.